The van der Waals surface area contributed by atoms with Gasteiger partial charge in [0, 0.05) is 30.6 Å². The zero-order valence-corrected chi connectivity index (χ0v) is 16.7. The Morgan fingerprint density at radius 2 is 2.00 bits per heavy atom. The first kappa shape index (κ1) is 17.4. The average Bonchev–Trinajstić information content (AvgIpc) is 3.25. The Labute approximate surface area is 165 Å². The summed E-state index contributed by atoms with van der Waals surface area (Å²) in [5.41, 5.74) is 2.35. The van der Waals surface area contributed by atoms with Crippen molar-refractivity contribution in [1.82, 2.24) is 14.7 Å². The fourth-order valence-electron chi connectivity index (χ4n) is 5.63. The molecular formula is C23H27N4O+. The molecule has 2 aliphatic carbocycles. The van der Waals surface area contributed by atoms with Gasteiger partial charge in [0.25, 0.3) is 0 Å². The molecule has 3 aromatic rings. The molecule has 2 fully saturated rings. The molecule has 0 aliphatic heterocycles. The van der Waals surface area contributed by atoms with E-state index in [-0.39, 0.29) is 22.8 Å². The lowest BCUT2D eigenvalue weighted by Gasteiger charge is -2.39. The van der Waals surface area contributed by atoms with Crippen LogP contribution in [0.3, 0.4) is 0 Å². The van der Waals surface area contributed by atoms with Gasteiger partial charge in [-0.1, -0.05) is 26.8 Å². The second-order valence-electron chi connectivity index (χ2n) is 9.16. The van der Waals surface area contributed by atoms with Crippen LogP contribution in [-0.2, 0) is 0 Å². The number of nitrogens with zero attached hydrogens (tertiary/aromatic N) is 3. The van der Waals surface area contributed by atoms with Gasteiger partial charge in [0.1, 0.15) is 11.9 Å². The van der Waals surface area contributed by atoms with Gasteiger partial charge in [-0.2, -0.15) is 8.97 Å². The lowest BCUT2D eigenvalue weighted by molar-refractivity contribution is -0.596. The van der Waals surface area contributed by atoms with Gasteiger partial charge in [-0.3, -0.25) is 9.78 Å². The number of aromatic nitrogens is 3. The number of carbonyl (C=O) groups excluding carboxylic acids is 1. The van der Waals surface area contributed by atoms with Crippen molar-refractivity contribution in [2.45, 2.75) is 46.1 Å². The van der Waals surface area contributed by atoms with E-state index in [2.05, 4.69) is 31.1 Å². The van der Waals surface area contributed by atoms with Gasteiger partial charge >= 0.3 is 11.7 Å². The SMILES string of the molecule is CC1(C)C2CC[C@@]1(C)[C@@H](NC(=O)c1n3ccccc3c[n+]1-c1ccncc1)C2. The lowest BCUT2D eigenvalue weighted by Crippen LogP contribution is -2.50. The van der Waals surface area contributed by atoms with Crippen molar-refractivity contribution < 1.29 is 9.36 Å². The molecule has 1 unspecified atom stereocenters. The fourth-order valence-corrected chi connectivity index (χ4v) is 5.63. The van der Waals surface area contributed by atoms with Gasteiger partial charge in [-0.15, -0.1) is 0 Å². The number of hydrogen-bond donors (Lipinski definition) is 1. The molecule has 0 radical (unpaired) electrons. The topological polar surface area (TPSA) is 50.3 Å². The molecule has 2 aliphatic rings. The van der Waals surface area contributed by atoms with Crippen LogP contribution in [0.1, 0.15) is 50.7 Å². The van der Waals surface area contributed by atoms with E-state index in [1.165, 1.54) is 12.8 Å². The van der Waals surface area contributed by atoms with Crippen molar-refractivity contribution in [2.75, 3.05) is 0 Å². The van der Waals surface area contributed by atoms with Crippen molar-refractivity contribution in [1.29, 1.82) is 0 Å². The largest absolute Gasteiger partial charge is 0.358 e. The van der Waals surface area contributed by atoms with E-state index in [0.29, 0.717) is 11.7 Å². The van der Waals surface area contributed by atoms with Crippen LogP contribution in [0.15, 0.2) is 55.1 Å². The number of amides is 1. The number of fused-ring (bicyclic) bond motifs is 3. The highest BCUT2D eigenvalue weighted by atomic mass is 16.2. The van der Waals surface area contributed by atoms with Crippen LogP contribution in [-0.4, -0.2) is 21.3 Å². The molecule has 2 saturated carbocycles. The third-order valence-electron chi connectivity index (χ3n) is 7.85. The summed E-state index contributed by atoms with van der Waals surface area (Å²) < 4.78 is 3.93. The van der Waals surface area contributed by atoms with Crippen LogP contribution in [0.25, 0.3) is 11.2 Å². The molecule has 3 heterocycles. The van der Waals surface area contributed by atoms with Gasteiger partial charge < -0.3 is 5.32 Å². The molecule has 144 valence electrons. The maximum absolute atomic E-state index is 13.5. The summed E-state index contributed by atoms with van der Waals surface area (Å²) in [5, 5.41) is 3.41. The van der Waals surface area contributed by atoms with Gasteiger partial charge in [0.2, 0.25) is 0 Å². The van der Waals surface area contributed by atoms with Gasteiger partial charge in [-0.05, 0) is 48.1 Å². The number of nitrogens with one attached hydrogen (secondary N) is 1. The maximum atomic E-state index is 13.5. The molecule has 1 amide bonds. The lowest BCUT2D eigenvalue weighted by atomic mass is 9.69. The molecule has 0 spiro atoms. The number of carbonyl (C=O) groups is 1. The van der Waals surface area contributed by atoms with Gasteiger partial charge in [-0.25, -0.2) is 0 Å². The molecule has 3 atom stereocenters. The second-order valence-corrected chi connectivity index (χ2v) is 9.16. The number of rotatable bonds is 3. The molecule has 3 aromatic heterocycles. The predicted molar refractivity (Wildman–Crippen MR) is 107 cm³/mol. The molecule has 5 rings (SSSR count). The summed E-state index contributed by atoms with van der Waals surface area (Å²) in [6.45, 7) is 7.11. The van der Waals surface area contributed by atoms with Crippen molar-refractivity contribution in [3.63, 3.8) is 0 Å². The number of hydrogen-bond acceptors (Lipinski definition) is 2. The Balaban J connectivity index is 1.55. The third kappa shape index (κ3) is 2.28. The van der Waals surface area contributed by atoms with E-state index in [1.54, 1.807) is 12.4 Å². The van der Waals surface area contributed by atoms with Crippen LogP contribution in [0.2, 0.25) is 0 Å². The molecule has 5 heteroatoms. The standard InChI is InChI=1S/C23H26N4O/c1-22(2)16-7-10-23(22,3)19(14-16)25-20(28)21-26-13-5-4-6-18(26)15-27(21)17-8-11-24-12-9-17/h4-6,8-9,11-13,15-16,19H,7,10,14H2,1-3H3/p+1/t16?,19-,23-/m0/s1. The van der Waals surface area contributed by atoms with E-state index >= 15 is 0 Å². The summed E-state index contributed by atoms with van der Waals surface area (Å²) in [6, 6.07) is 10.1. The van der Waals surface area contributed by atoms with Crippen molar-refractivity contribution in [2.24, 2.45) is 16.7 Å². The van der Waals surface area contributed by atoms with E-state index in [9.17, 15) is 4.79 Å². The van der Waals surface area contributed by atoms with Crippen molar-refractivity contribution >= 4 is 11.4 Å². The minimum atomic E-state index is -0.0161. The summed E-state index contributed by atoms with van der Waals surface area (Å²) in [7, 11) is 0. The summed E-state index contributed by atoms with van der Waals surface area (Å²) in [6.07, 6.45) is 11.0. The van der Waals surface area contributed by atoms with E-state index in [1.807, 2.05) is 51.7 Å². The highest BCUT2D eigenvalue weighted by Gasteiger charge is 2.61. The average molecular weight is 375 g/mol. The van der Waals surface area contributed by atoms with Crippen LogP contribution >= 0.6 is 0 Å². The Morgan fingerprint density at radius 1 is 1.21 bits per heavy atom. The molecule has 1 N–H and O–H groups in total. The normalized spacial score (nSPS) is 28.0. The minimum absolute atomic E-state index is 0.0161. The summed E-state index contributed by atoms with van der Waals surface area (Å²) in [4.78, 5) is 17.6. The van der Waals surface area contributed by atoms with Crippen LogP contribution in [0, 0.1) is 16.7 Å². The van der Waals surface area contributed by atoms with Crippen LogP contribution in [0.4, 0.5) is 0 Å². The van der Waals surface area contributed by atoms with Gasteiger partial charge in [0.15, 0.2) is 5.52 Å². The Hall–Kier alpha value is -2.69. The first-order valence-corrected chi connectivity index (χ1v) is 10.1. The number of pyridine rings is 2. The minimum Gasteiger partial charge on any atom is -0.342 e. The van der Waals surface area contributed by atoms with E-state index in [0.717, 1.165) is 17.6 Å². The zero-order chi connectivity index (χ0) is 19.5. The maximum Gasteiger partial charge on any atom is 0.358 e. The fraction of sp³-hybridized carbons (Fsp3) is 0.435. The summed E-state index contributed by atoms with van der Waals surface area (Å²) >= 11 is 0. The highest BCUT2D eigenvalue weighted by Crippen LogP contribution is 2.65. The Morgan fingerprint density at radius 3 is 2.68 bits per heavy atom. The zero-order valence-electron chi connectivity index (χ0n) is 16.7. The Kier molecular flexibility index (Phi) is 3.67. The molecule has 5 nitrogen and oxygen atoms in total. The smallest absolute Gasteiger partial charge is 0.342 e. The molecule has 0 aromatic carbocycles. The third-order valence-corrected chi connectivity index (χ3v) is 7.85. The van der Waals surface area contributed by atoms with Gasteiger partial charge in [0.05, 0.1) is 6.20 Å². The Bertz CT molecular complexity index is 1050. The molecule has 2 bridgehead atoms. The monoisotopic (exact) mass is 375 g/mol. The first-order valence-electron chi connectivity index (χ1n) is 10.1. The van der Waals surface area contributed by atoms with Crippen LogP contribution in [0.5, 0.6) is 0 Å². The molecule has 0 saturated heterocycles. The van der Waals surface area contributed by atoms with E-state index < -0.39 is 0 Å². The van der Waals surface area contributed by atoms with Crippen LogP contribution < -0.4 is 9.88 Å². The molecular weight excluding hydrogens is 348 g/mol. The summed E-state index contributed by atoms with van der Waals surface area (Å²) in [5.74, 6) is 1.31. The van der Waals surface area contributed by atoms with Crippen molar-refractivity contribution in [3.05, 3.63) is 60.9 Å². The predicted octanol–water partition coefficient (Wildman–Crippen LogP) is 3.56. The number of imidazole rings is 1. The van der Waals surface area contributed by atoms with E-state index in [4.69, 9.17) is 0 Å². The first-order chi connectivity index (χ1) is 13.4. The van der Waals surface area contributed by atoms with Crippen molar-refractivity contribution in [3.8, 4) is 5.69 Å². The quantitative estimate of drug-likeness (QED) is 0.712. The molecule has 28 heavy (non-hydrogen) atoms. The second kappa shape index (κ2) is 5.90. The highest BCUT2D eigenvalue weighted by molar-refractivity contribution is 5.90.